The number of hydrogen-bond donors (Lipinski definition) is 1. The molecule has 1 N–H and O–H groups in total. The Labute approximate surface area is 174 Å². The fourth-order valence-corrected chi connectivity index (χ4v) is 3.01. The van der Waals surface area contributed by atoms with Crippen LogP contribution in [0.25, 0.3) is 0 Å². The molecule has 1 aromatic rings. The Bertz CT molecular complexity index is 603. The minimum atomic E-state index is -0.501. The molecular weight excluding hydrogens is 374 g/mol. The highest BCUT2D eigenvalue weighted by Gasteiger charge is 2.24. The van der Waals surface area contributed by atoms with Gasteiger partial charge < -0.3 is 29.0 Å². The minimum absolute atomic E-state index is 0.134. The summed E-state index contributed by atoms with van der Waals surface area (Å²) in [5.41, 5.74) is 1.43. The van der Waals surface area contributed by atoms with Crippen molar-refractivity contribution in [3.05, 3.63) is 23.8 Å². The molecule has 0 radical (unpaired) electrons. The van der Waals surface area contributed by atoms with Crippen LogP contribution in [-0.2, 0) is 23.7 Å². The Balaban J connectivity index is 1.96. The van der Waals surface area contributed by atoms with E-state index >= 15 is 0 Å². The number of unbranched alkanes of at least 4 members (excludes halogenated alkanes) is 4. The maximum absolute atomic E-state index is 12.5. The summed E-state index contributed by atoms with van der Waals surface area (Å²) >= 11 is 0. The van der Waals surface area contributed by atoms with Gasteiger partial charge in [0.1, 0.15) is 12.5 Å². The summed E-state index contributed by atoms with van der Waals surface area (Å²) in [5.74, 6) is 0.302. The van der Waals surface area contributed by atoms with Gasteiger partial charge in [-0.3, -0.25) is 4.79 Å². The van der Waals surface area contributed by atoms with Gasteiger partial charge in [-0.1, -0.05) is 39.5 Å². The molecule has 164 valence electrons. The largest absolute Gasteiger partial charge is 0.494 e. The molecule has 1 heterocycles. The second-order valence-electron chi connectivity index (χ2n) is 7.25. The molecule has 7 nitrogen and oxygen atoms in total. The Morgan fingerprint density at radius 3 is 2.69 bits per heavy atom. The lowest BCUT2D eigenvalue weighted by Crippen LogP contribution is -2.25. The second kappa shape index (κ2) is 13.5. The number of methoxy groups -OCH3 is 1. The van der Waals surface area contributed by atoms with Crippen molar-refractivity contribution in [2.24, 2.45) is 5.92 Å². The standard InChI is InChI=1S/C22H35NO6/c1-4-5-6-7-8-11-27-18-9-10-20(19(14-18)22-28-12-13-29-22)23-21(24)17(2)15-26-16-25-3/h9-10,14,17,22H,4-8,11-13,15-16H2,1-3H3,(H,23,24)/t17-/m1/s1. The highest BCUT2D eigenvalue weighted by Crippen LogP contribution is 2.33. The van der Waals surface area contributed by atoms with Crippen molar-refractivity contribution in [2.75, 3.05) is 45.6 Å². The van der Waals surface area contributed by atoms with Crippen LogP contribution < -0.4 is 10.1 Å². The summed E-state index contributed by atoms with van der Waals surface area (Å²) in [6.45, 7) is 6.20. The van der Waals surface area contributed by atoms with Gasteiger partial charge in [0.15, 0.2) is 6.29 Å². The van der Waals surface area contributed by atoms with Crippen molar-refractivity contribution in [2.45, 2.75) is 52.2 Å². The molecule has 0 spiro atoms. The van der Waals surface area contributed by atoms with Crippen LogP contribution in [0.5, 0.6) is 5.75 Å². The normalized spacial score (nSPS) is 15.4. The Kier molecular flexibility index (Phi) is 11.0. The fraction of sp³-hybridized carbons (Fsp3) is 0.682. The van der Waals surface area contributed by atoms with Crippen LogP contribution in [0.1, 0.15) is 57.8 Å². The van der Waals surface area contributed by atoms with Crippen LogP contribution in [0.15, 0.2) is 18.2 Å². The number of hydrogen-bond acceptors (Lipinski definition) is 6. The van der Waals surface area contributed by atoms with E-state index in [4.69, 9.17) is 23.7 Å². The molecule has 0 saturated carbocycles. The lowest BCUT2D eigenvalue weighted by molar-refractivity contribution is -0.123. The van der Waals surface area contributed by atoms with Crippen LogP contribution in [0.2, 0.25) is 0 Å². The molecule has 0 aliphatic carbocycles. The molecule has 1 aliphatic heterocycles. The zero-order valence-electron chi connectivity index (χ0n) is 17.9. The van der Waals surface area contributed by atoms with Gasteiger partial charge in [-0.15, -0.1) is 0 Å². The van der Waals surface area contributed by atoms with Crippen LogP contribution in [0.3, 0.4) is 0 Å². The van der Waals surface area contributed by atoms with E-state index in [9.17, 15) is 4.79 Å². The van der Waals surface area contributed by atoms with Gasteiger partial charge >= 0.3 is 0 Å². The van der Waals surface area contributed by atoms with E-state index in [0.29, 0.717) is 25.5 Å². The summed E-state index contributed by atoms with van der Waals surface area (Å²) in [4.78, 5) is 12.5. The Morgan fingerprint density at radius 1 is 1.21 bits per heavy atom. The van der Waals surface area contributed by atoms with Gasteiger partial charge in [0, 0.05) is 18.4 Å². The predicted molar refractivity (Wildman–Crippen MR) is 111 cm³/mol. The first-order valence-electron chi connectivity index (χ1n) is 10.5. The molecule has 1 saturated heterocycles. The molecule has 1 aliphatic rings. The number of ether oxygens (including phenoxy) is 5. The number of benzene rings is 1. The van der Waals surface area contributed by atoms with Crippen molar-refractivity contribution < 1.29 is 28.5 Å². The van der Waals surface area contributed by atoms with Crippen molar-refractivity contribution in [3.63, 3.8) is 0 Å². The zero-order valence-corrected chi connectivity index (χ0v) is 17.9. The SMILES string of the molecule is CCCCCCCOc1ccc(NC(=O)[C@H](C)COCOC)c(C2OCCO2)c1. The molecule has 1 aromatic carbocycles. The maximum atomic E-state index is 12.5. The number of carbonyl (C=O) groups excluding carboxylic acids is 1. The first-order valence-corrected chi connectivity index (χ1v) is 10.5. The molecule has 1 amide bonds. The third kappa shape index (κ3) is 8.30. The average Bonchev–Trinajstić information content (AvgIpc) is 3.26. The Morgan fingerprint density at radius 2 is 1.97 bits per heavy atom. The van der Waals surface area contributed by atoms with Gasteiger partial charge in [-0.2, -0.15) is 0 Å². The molecular formula is C22H35NO6. The van der Waals surface area contributed by atoms with Crippen LogP contribution in [0.4, 0.5) is 5.69 Å². The third-order valence-electron chi connectivity index (χ3n) is 4.69. The molecule has 7 heteroatoms. The molecule has 1 atom stereocenters. The summed E-state index contributed by atoms with van der Waals surface area (Å²) in [5, 5.41) is 2.96. The monoisotopic (exact) mass is 409 g/mol. The average molecular weight is 410 g/mol. The highest BCUT2D eigenvalue weighted by molar-refractivity contribution is 5.93. The number of carbonyl (C=O) groups is 1. The van der Waals surface area contributed by atoms with E-state index in [1.165, 1.54) is 25.7 Å². The van der Waals surface area contributed by atoms with Crippen molar-refractivity contribution >= 4 is 11.6 Å². The number of anilines is 1. The third-order valence-corrected chi connectivity index (χ3v) is 4.69. The molecule has 0 unspecified atom stereocenters. The van der Waals surface area contributed by atoms with E-state index in [1.54, 1.807) is 7.11 Å². The molecule has 1 fully saturated rings. The Hall–Kier alpha value is -1.67. The smallest absolute Gasteiger partial charge is 0.229 e. The number of rotatable bonds is 14. The van der Waals surface area contributed by atoms with Gasteiger partial charge in [0.25, 0.3) is 0 Å². The van der Waals surface area contributed by atoms with Crippen LogP contribution in [-0.4, -0.2) is 46.2 Å². The van der Waals surface area contributed by atoms with Crippen molar-refractivity contribution in [1.29, 1.82) is 0 Å². The van der Waals surface area contributed by atoms with E-state index in [0.717, 1.165) is 17.7 Å². The first-order chi connectivity index (χ1) is 14.2. The summed E-state index contributed by atoms with van der Waals surface area (Å²) in [6.07, 6.45) is 5.44. The van der Waals surface area contributed by atoms with E-state index in [1.807, 2.05) is 25.1 Å². The molecule has 0 aromatic heterocycles. The van der Waals surface area contributed by atoms with Crippen molar-refractivity contribution in [3.8, 4) is 5.75 Å². The first kappa shape index (κ1) is 23.6. The lowest BCUT2D eigenvalue weighted by atomic mass is 10.1. The van der Waals surface area contributed by atoms with Gasteiger partial charge in [0.2, 0.25) is 5.91 Å². The highest BCUT2D eigenvalue weighted by atomic mass is 16.7. The van der Waals surface area contributed by atoms with Crippen LogP contribution in [0, 0.1) is 5.92 Å². The maximum Gasteiger partial charge on any atom is 0.229 e. The lowest BCUT2D eigenvalue weighted by Gasteiger charge is -2.19. The van der Waals surface area contributed by atoms with Crippen molar-refractivity contribution in [1.82, 2.24) is 0 Å². The van der Waals surface area contributed by atoms with E-state index < -0.39 is 6.29 Å². The second-order valence-corrected chi connectivity index (χ2v) is 7.25. The summed E-state index contributed by atoms with van der Waals surface area (Å²) in [6, 6.07) is 5.60. The number of nitrogens with one attached hydrogen (secondary N) is 1. The van der Waals surface area contributed by atoms with Gasteiger partial charge in [-0.05, 0) is 24.6 Å². The van der Waals surface area contributed by atoms with E-state index in [-0.39, 0.29) is 25.2 Å². The number of amides is 1. The molecule has 2 rings (SSSR count). The summed E-state index contributed by atoms with van der Waals surface area (Å²) in [7, 11) is 1.55. The zero-order chi connectivity index (χ0) is 20.9. The quantitative estimate of drug-likeness (QED) is 0.365. The topological polar surface area (TPSA) is 75.3 Å². The van der Waals surface area contributed by atoms with Gasteiger partial charge in [0.05, 0.1) is 32.3 Å². The molecule has 0 bridgehead atoms. The molecule has 29 heavy (non-hydrogen) atoms. The van der Waals surface area contributed by atoms with E-state index in [2.05, 4.69) is 12.2 Å². The minimum Gasteiger partial charge on any atom is -0.494 e. The van der Waals surface area contributed by atoms with Gasteiger partial charge in [-0.25, -0.2) is 0 Å². The van der Waals surface area contributed by atoms with Crippen LogP contribution >= 0.6 is 0 Å². The fourth-order valence-electron chi connectivity index (χ4n) is 3.01. The summed E-state index contributed by atoms with van der Waals surface area (Å²) < 4.78 is 27.3. The predicted octanol–water partition coefficient (Wildman–Crippen LogP) is 4.28.